The van der Waals surface area contributed by atoms with Crippen LogP contribution in [0.25, 0.3) is 0 Å². The third-order valence-electron chi connectivity index (χ3n) is 3.88. The van der Waals surface area contributed by atoms with E-state index in [4.69, 9.17) is 10.00 Å². The fourth-order valence-corrected chi connectivity index (χ4v) is 2.93. The molecular formula is C18H23BrN4O2. The maximum absolute atomic E-state index is 12.0. The standard InChI is InChI=1S/C18H23BrN4O2/c19-17-3-1-2-15(12-17)4-5-21-14-16(13-20)18(24)22-6-7-23-8-10-25-11-9-23/h1-3,12,14,21H,4-11H2,(H,22,24)/b16-14-. The highest BCUT2D eigenvalue weighted by Crippen LogP contribution is 2.11. The first-order valence-electron chi connectivity index (χ1n) is 8.35. The van der Waals surface area contributed by atoms with Crippen molar-refractivity contribution < 1.29 is 9.53 Å². The van der Waals surface area contributed by atoms with E-state index in [9.17, 15) is 4.79 Å². The SMILES string of the molecule is N#C/C(=C/NCCc1cccc(Br)c1)C(=O)NCCN1CCOCC1. The van der Waals surface area contributed by atoms with Crippen molar-refractivity contribution in [2.75, 3.05) is 45.9 Å². The van der Waals surface area contributed by atoms with Crippen LogP contribution in [0.3, 0.4) is 0 Å². The molecular weight excluding hydrogens is 384 g/mol. The Balaban J connectivity index is 1.69. The molecule has 0 radical (unpaired) electrons. The number of amides is 1. The van der Waals surface area contributed by atoms with E-state index >= 15 is 0 Å². The average molecular weight is 407 g/mol. The summed E-state index contributed by atoms with van der Waals surface area (Å²) in [6, 6.07) is 10.00. The monoisotopic (exact) mass is 406 g/mol. The molecule has 0 unspecified atom stereocenters. The van der Waals surface area contributed by atoms with E-state index in [0.717, 1.165) is 43.7 Å². The Bertz CT molecular complexity index is 636. The van der Waals surface area contributed by atoms with E-state index < -0.39 is 0 Å². The zero-order valence-corrected chi connectivity index (χ0v) is 15.7. The minimum atomic E-state index is -0.342. The van der Waals surface area contributed by atoms with Crippen LogP contribution in [0.2, 0.25) is 0 Å². The number of hydrogen-bond donors (Lipinski definition) is 2. The molecule has 7 heteroatoms. The van der Waals surface area contributed by atoms with Crippen LogP contribution in [-0.2, 0) is 16.0 Å². The molecule has 2 N–H and O–H groups in total. The van der Waals surface area contributed by atoms with E-state index in [0.29, 0.717) is 13.1 Å². The van der Waals surface area contributed by atoms with Crippen LogP contribution in [0.5, 0.6) is 0 Å². The summed E-state index contributed by atoms with van der Waals surface area (Å²) in [6.07, 6.45) is 2.30. The molecule has 1 amide bonds. The number of morpholine rings is 1. The maximum atomic E-state index is 12.0. The average Bonchev–Trinajstić information content (AvgIpc) is 2.62. The van der Waals surface area contributed by atoms with E-state index in [1.54, 1.807) is 0 Å². The van der Waals surface area contributed by atoms with Gasteiger partial charge in [-0.2, -0.15) is 5.26 Å². The second kappa shape index (κ2) is 10.9. The van der Waals surface area contributed by atoms with Gasteiger partial charge in [0.1, 0.15) is 11.6 Å². The predicted molar refractivity (Wildman–Crippen MR) is 99.8 cm³/mol. The molecule has 1 saturated heterocycles. The number of carbonyl (C=O) groups is 1. The van der Waals surface area contributed by atoms with Crippen LogP contribution in [-0.4, -0.2) is 56.7 Å². The van der Waals surface area contributed by atoms with Gasteiger partial charge in [-0.05, 0) is 24.1 Å². The number of carbonyl (C=O) groups excluding carboxylic acids is 1. The first-order chi connectivity index (χ1) is 12.2. The summed E-state index contributed by atoms with van der Waals surface area (Å²) in [4.78, 5) is 14.3. The molecule has 134 valence electrons. The second-order valence-corrected chi connectivity index (χ2v) is 6.63. The zero-order chi connectivity index (χ0) is 17.9. The lowest BCUT2D eigenvalue weighted by atomic mass is 10.1. The van der Waals surface area contributed by atoms with Crippen LogP contribution in [0.15, 0.2) is 40.5 Å². The number of nitrogens with zero attached hydrogens (tertiary/aromatic N) is 2. The van der Waals surface area contributed by atoms with Gasteiger partial charge in [0.2, 0.25) is 0 Å². The minimum absolute atomic E-state index is 0.0937. The molecule has 1 heterocycles. The number of hydrogen-bond acceptors (Lipinski definition) is 5. The Labute approximate surface area is 157 Å². The van der Waals surface area contributed by atoms with Crippen LogP contribution in [0.1, 0.15) is 5.56 Å². The van der Waals surface area contributed by atoms with E-state index in [-0.39, 0.29) is 11.5 Å². The van der Waals surface area contributed by atoms with Crippen molar-refractivity contribution in [3.63, 3.8) is 0 Å². The molecule has 6 nitrogen and oxygen atoms in total. The Morgan fingerprint density at radius 3 is 2.88 bits per heavy atom. The number of ether oxygens (including phenoxy) is 1. The van der Waals surface area contributed by atoms with E-state index in [2.05, 4.69) is 37.5 Å². The molecule has 1 aliphatic rings. The van der Waals surface area contributed by atoms with Gasteiger partial charge in [-0.1, -0.05) is 28.1 Å². The zero-order valence-electron chi connectivity index (χ0n) is 14.1. The van der Waals surface area contributed by atoms with Crippen LogP contribution in [0.4, 0.5) is 0 Å². The first kappa shape index (κ1) is 19.4. The summed E-state index contributed by atoms with van der Waals surface area (Å²) in [7, 11) is 0. The Morgan fingerprint density at radius 2 is 2.16 bits per heavy atom. The predicted octanol–water partition coefficient (Wildman–Crippen LogP) is 1.44. The smallest absolute Gasteiger partial charge is 0.263 e. The Morgan fingerprint density at radius 1 is 1.36 bits per heavy atom. The van der Waals surface area contributed by atoms with Crippen molar-refractivity contribution in [1.82, 2.24) is 15.5 Å². The van der Waals surface area contributed by atoms with E-state index in [1.165, 1.54) is 11.8 Å². The topological polar surface area (TPSA) is 77.4 Å². The number of nitrogens with one attached hydrogen (secondary N) is 2. The highest BCUT2D eigenvalue weighted by molar-refractivity contribution is 9.10. The lowest BCUT2D eigenvalue weighted by Gasteiger charge is -2.26. The van der Waals surface area contributed by atoms with Gasteiger partial charge in [-0.15, -0.1) is 0 Å². The van der Waals surface area contributed by atoms with Crippen molar-refractivity contribution >= 4 is 21.8 Å². The number of rotatable bonds is 8. The van der Waals surface area contributed by atoms with Crippen molar-refractivity contribution in [3.8, 4) is 6.07 Å². The van der Waals surface area contributed by atoms with Gasteiger partial charge in [-0.25, -0.2) is 0 Å². The molecule has 0 aliphatic carbocycles. The maximum Gasteiger partial charge on any atom is 0.263 e. The first-order valence-corrected chi connectivity index (χ1v) is 9.15. The van der Waals surface area contributed by atoms with Gasteiger partial charge in [-0.3, -0.25) is 9.69 Å². The van der Waals surface area contributed by atoms with E-state index in [1.807, 2.05) is 24.3 Å². The van der Waals surface area contributed by atoms with Gasteiger partial charge >= 0.3 is 0 Å². The van der Waals surface area contributed by atoms with Gasteiger partial charge in [0.25, 0.3) is 5.91 Å². The third-order valence-corrected chi connectivity index (χ3v) is 4.37. The molecule has 0 spiro atoms. The van der Waals surface area contributed by atoms with Crippen LogP contribution in [0, 0.1) is 11.3 Å². The number of nitriles is 1. The summed E-state index contributed by atoms with van der Waals surface area (Å²) in [5.41, 5.74) is 1.28. The van der Waals surface area contributed by atoms with Crippen molar-refractivity contribution in [3.05, 3.63) is 46.1 Å². The summed E-state index contributed by atoms with van der Waals surface area (Å²) in [5.74, 6) is -0.342. The third kappa shape index (κ3) is 7.26. The lowest BCUT2D eigenvalue weighted by Crippen LogP contribution is -2.41. The summed E-state index contributed by atoms with van der Waals surface area (Å²) in [6.45, 7) is 5.18. The highest BCUT2D eigenvalue weighted by atomic mass is 79.9. The van der Waals surface area contributed by atoms with Gasteiger partial charge < -0.3 is 15.4 Å². The van der Waals surface area contributed by atoms with Gasteiger partial charge in [0.15, 0.2) is 0 Å². The molecule has 25 heavy (non-hydrogen) atoms. The highest BCUT2D eigenvalue weighted by Gasteiger charge is 2.12. The van der Waals surface area contributed by atoms with Crippen molar-refractivity contribution in [2.45, 2.75) is 6.42 Å². The van der Waals surface area contributed by atoms with Gasteiger partial charge in [0.05, 0.1) is 13.2 Å². The molecule has 1 fully saturated rings. The Hall–Kier alpha value is -1.88. The number of halogens is 1. The lowest BCUT2D eigenvalue weighted by molar-refractivity contribution is -0.117. The summed E-state index contributed by atoms with van der Waals surface area (Å²) < 4.78 is 6.32. The Kier molecular flexibility index (Phi) is 8.46. The molecule has 0 saturated carbocycles. The van der Waals surface area contributed by atoms with Crippen molar-refractivity contribution in [2.24, 2.45) is 0 Å². The molecule has 0 bridgehead atoms. The fourth-order valence-electron chi connectivity index (χ4n) is 2.48. The van der Waals surface area contributed by atoms with Gasteiger partial charge in [0, 0.05) is 43.4 Å². The molecule has 1 aromatic carbocycles. The fraction of sp³-hybridized carbons (Fsp3) is 0.444. The van der Waals surface area contributed by atoms with Crippen LogP contribution < -0.4 is 10.6 Å². The quantitative estimate of drug-likeness (QED) is 0.388. The molecule has 0 aromatic heterocycles. The molecule has 1 aromatic rings. The molecule has 2 rings (SSSR count). The second-order valence-electron chi connectivity index (χ2n) is 5.71. The molecule has 1 aliphatic heterocycles. The number of benzene rings is 1. The van der Waals surface area contributed by atoms with Crippen molar-refractivity contribution in [1.29, 1.82) is 5.26 Å². The largest absolute Gasteiger partial charge is 0.389 e. The van der Waals surface area contributed by atoms with Crippen LogP contribution >= 0.6 is 15.9 Å². The minimum Gasteiger partial charge on any atom is -0.389 e. The summed E-state index contributed by atoms with van der Waals surface area (Å²) >= 11 is 3.44. The molecule has 0 atom stereocenters. The summed E-state index contributed by atoms with van der Waals surface area (Å²) in [5, 5.41) is 15.0. The normalized spacial score (nSPS) is 15.4.